The first-order chi connectivity index (χ1) is 12.3. The second-order valence-electron chi connectivity index (χ2n) is 6.11. The molecule has 0 aliphatic rings. The van der Waals surface area contributed by atoms with Crippen LogP contribution in [0, 0.1) is 0 Å². The van der Waals surface area contributed by atoms with Gasteiger partial charge in [0.2, 0.25) is 0 Å². The van der Waals surface area contributed by atoms with Crippen LogP contribution in [0.4, 0.5) is 0 Å². The molecule has 3 aromatic rings. The predicted molar refractivity (Wildman–Crippen MR) is 101 cm³/mol. The Morgan fingerprint density at radius 1 is 1.12 bits per heavy atom. The van der Waals surface area contributed by atoms with E-state index in [2.05, 4.69) is 6.92 Å². The van der Waals surface area contributed by atoms with E-state index in [1.165, 1.54) is 6.26 Å². The van der Waals surface area contributed by atoms with Crippen molar-refractivity contribution in [2.45, 2.75) is 25.2 Å². The molecule has 1 aromatic carbocycles. The largest absolute Gasteiger partial charge is 0.462 e. The van der Waals surface area contributed by atoms with Crippen molar-refractivity contribution in [3.8, 4) is 11.3 Å². The minimum absolute atomic E-state index is 0.213. The van der Waals surface area contributed by atoms with Crippen LogP contribution in [0.3, 0.4) is 0 Å². The van der Waals surface area contributed by atoms with Crippen LogP contribution in [0.1, 0.15) is 29.8 Å². The number of esters is 1. The summed E-state index contributed by atoms with van der Waals surface area (Å²) in [6, 6.07) is 12.4. The van der Waals surface area contributed by atoms with E-state index >= 15 is 0 Å². The van der Waals surface area contributed by atoms with Crippen LogP contribution in [0.2, 0.25) is 0 Å². The smallest absolute Gasteiger partial charge is 0.340 e. The minimum Gasteiger partial charge on any atom is -0.462 e. The summed E-state index contributed by atoms with van der Waals surface area (Å²) in [6.45, 7) is 4.10. The Kier molecular flexibility index (Phi) is 4.87. The van der Waals surface area contributed by atoms with Crippen LogP contribution >= 0.6 is 0 Å². The van der Waals surface area contributed by atoms with Crippen molar-refractivity contribution in [2.75, 3.05) is 12.9 Å². The number of aromatic nitrogens is 1. The van der Waals surface area contributed by atoms with E-state index in [4.69, 9.17) is 4.74 Å². The van der Waals surface area contributed by atoms with Gasteiger partial charge in [-0.25, -0.2) is 13.2 Å². The zero-order chi connectivity index (χ0) is 18.9. The summed E-state index contributed by atoms with van der Waals surface area (Å²) in [5.74, 6) is -0.422. The Labute approximate surface area is 153 Å². The number of fused-ring (bicyclic) bond motifs is 1. The number of ether oxygens (including phenoxy) is 1. The van der Waals surface area contributed by atoms with Gasteiger partial charge in [0, 0.05) is 23.5 Å². The average molecular weight is 371 g/mol. The molecule has 26 heavy (non-hydrogen) atoms. The number of carbonyl (C=O) groups excluding carboxylic acids is 1. The maximum atomic E-state index is 12.5. The fourth-order valence-corrected chi connectivity index (χ4v) is 3.64. The fraction of sp³-hybridized carbons (Fsp3) is 0.250. The predicted octanol–water partition coefficient (Wildman–Crippen LogP) is 3.75. The van der Waals surface area contributed by atoms with Gasteiger partial charge in [0.25, 0.3) is 0 Å². The number of sulfone groups is 1. The van der Waals surface area contributed by atoms with Crippen molar-refractivity contribution in [1.29, 1.82) is 0 Å². The molecule has 5 nitrogen and oxygen atoms in total. The van der Waals surface area contributed by atoms with Crippen LogP contribution in [-0.2, 0) is 21.0 Å². The number of hydrogen-bond donors (Lipinski definition) is 0. The lowest BCUT2D eigenvalue weighted by Crippen LogP contribution is -2.06. The molecule has 0 unspecified atom stereocenters. The van der Waals surface area contributed by atoms with Crippen molar-refractivity contribution in [3.63, 3.8) is 0 Å². The lowest BCUT2D eigenvalue weighted by Gasteiger charge is -2.09. The van der Waals surface area contributed by atoms with Crippen molar-refractivity contribution < 1.29 is 17.9 Å². The number of nitrogens with zero attached hydrogens (tertiary/aromatic N) is 1. The molecule has 0 aliphatic heterocycles. The van der Waals surface area contributed by atoms with Gasteiger partial charge in [-0.15, -0.1) is 0 Å². The third kappa shape index (κ3) is 3.37. The second-order valence-corrected chi connectivity index (χ2v) is 8.13. The van der Waals surface area contributed by atoms with E-state index in [0.29, 0.717) is 16.8 Å². The zero-order valence-electron chi connectivity index (χ0n) is 15.0. The Morgan fingerprint density at radius 2 is 1.88 bits per heavy atom. The first-order valence-corrected chi connectivity index (χ1v) is 10.4. The molecule has 2 aromatic heterocycles. The number of benzene rings is 1. The Morgan fingerprint density at radius 3 is 2.54 bits per heavy atom. The van der Waals surface area contributed by atoms with E-state index < -0.39 is 15.8 Å². The molecule has 0 atom stereocenters. The molecule has 0 aliphatic carbocycles. The van der Waals surface area contributed by atoms with E-state index in [-0.39, 0.29) is 11.5 Å². The lowest BCUT2D eigenvalue weighted by atomic mass is 10.1. The maximum absolute atomic E-state index is 12.5. The third-order valence-electron chi connectivity index (χ3n) is 4.28. The van der Waals surface area contributed by atoms with Gasteiger partial charge in [-0.2, -0.15) is 0 Å². The van der Waals surface area contributed by atoms with Crippen molar-refractivity contribution >= 4 is 21.3 Å². The lowest BCUT2D eigenvalue weighted by molar-refractivity contribution is 0.0527. The van der Waals surface area contributed by atoms with Gasteiger partial charge in [-0.1, -0.05) is 19.1 Å². The van der Waals surface area contributed by atoms with E-state index in [1.807, 2.05) is 22.7 Å². The number of pyridine rings is 1. The molecule has 6 heteroatoms. The Balaban J connectivity index is 2.29. The average Bonchev–Trinajstić information content (AvgIpc) is 3.00. The topological polar surface area (TPSA) is 64.8 Å². The highest BCUT2D eigenvalue weighted by Crippen LogP contribution is 2.30. The fourth-order valence-electron chi connectivity index (χ4n) is 2.98. The van der Waals surface area contributed by atoms with Crippen molar-refractivity contribution in [2.24, 2.45) is 0 Å². The third-order valence-corrected chi connectivity index (χ3v) is 5.39. The maximum Gasteiger partial charge on any atom is 0.340 e. The second kappa shape index (κ2) is 6.96. The molecular weight excluding hydrogens is 350 g/mol. The Hall–Kier alpha value is -2.60. The number of aryl methyl sites for hydroxylation is 1. The van der Waals surface area contributed by atoms with Gasteiger partial charge in [0.05, 0.1) is 22.8 Å². The Bertz CT molecular complexity index is 1080. The molecule has 0 bridgehead atoms. The first kappa shape index (κ1) is 18.2. The molecule has 136 valence electrons. The first-order valence-electron chi connectivity index (χ1n) is 8.46. The zero-order valence-corrected chi connectivity index (χ0v) is 15.8. The summed E-state index contributed by atoms with van der Waals surface area (Å²) in [5.41, 5.74) is 3.73. The monoisotopic (exact) mass is 371 g/mol. The molecule has 0 fully saturated rings. The highest BCUT2D eigenvalue weighted by Gasteiger charge is 2.20. The highest BCUT2D eigenvalue weighted by atomic mass is 32.2. The minimum atomic E-state index is -3.35. The standard InChI is InChI=1S/C20H21NO4S/c1-4-14-9-10-21-16(11-14)13-18(20(22)25-5-2)19(21)15-7-6-8-17(12-15)26(3,23)24/h6-13H,4-5H2,1-3H3. The quantitative estimate of drug-likeness (QED) is 0.641. The van der Waals surface area contributed by atoms with Gasteiger partial charge < -0.3 is 9.14 Å². The molecule has 0 radical (unpaired) electrons. The summed E-state index contributed by atoms with van der Waals surface area (Å²) in [5, 5.41) is 0. The normalized spacial score (nSPS) is 11.7. The molecule has 0 N–H and O–H groups in total. The van der Waals surface area contributed by atoms with Gasteiger partial charge in [-0.3, -0.25) is 0 Å². The molecule has 2 heterocycles. The molecule has 0 amide bonds. The molecule has 0 saturated heterocycles. The van der Waals surface area contributed by atoms with Gasteiger partial charge in [0.15, 0.2) is 9.84 Å². The van der Waals surface area contributed by atoms with Gasteiger partial charge >= 0.3 is 5.97 Å². The van der Waals surface area contributed by atoms with Crippen LogP contribution < -0.4 is 0 Å². The molecule has 0 spiro atoms. The van der Waals surface area contributed by atoms with E-state index in [9.17, 15) is 13.2 Å². The summed E-state index contributed by atoms with van der Waals surface area (Å²) < 4.78 is 30.9. The van der Waals surface area contributed by atoms with E-state index in [1.54, 1.807) is 37.3 Å². The number of rotatable bonds is 5. The van der Waals surface area contributed by atoms with Crippen molar-refractivity contribution in [3.05, 3.63) is 59.8 Å². The molecular formula is C20H21NO4S. The van der Waals surface area contributed by atoms with Crippen LogP contribution in [0.5, 0.6) is 0 Å². The number of hydrogen-bond acceptors (Lipinski definition) is 4. The van der Waals surface area contributed by atoms with Crippen molar-refractivity contribution in [1.82, 2.24) is 4.40 Å². The van der Waals surface area contributed by atoms with Gasteiger partial charge in [0.1, 0.15) is 0 Å². The van der Waals surface area contributed by atoms with Gasteiger partial charge in [-0.05, 0) is 49.2 Å². The van der Waals surface area contributed by atoms with E-state index in [0.717, 1.165) is 17.5 Å². The summed E-state index contributed by atoms with van der Waals surface area (Å²) >= 11 is 0. The van der Waals surface area contributed by atoms with Crippen LogP contribution in [0.15, 0.2) is 53.6 Å². The highest BCUT2D eigenvalue weighted by molar-refractivity contribution is 7.90. The summed E-state index contributed by atoms with van der Waals surface area (Å²) in [6.07, 6.45) is 3.96. The summed E-state index contributed by atoms with van der Waals surface area (Å²) in [7, 11) is -3.35. The molecule has 3 rings (SSSR count). The number of carbonyl (C=O) groups is 1. The molecule has 0 saturated carbocycles. The van der Waals surface area contributed by atoms with Crippen LogP contribution in [-0.4, -0.2) is 31.7 Å². The van der Waals surface area contributed by atoms with Crippen LogP contribution in [0.25, 0.3) is 16.8 Å². The SMILES string of the molecule is CCOC(=O)c1cc2cc(CC)ccn2c1-c1cccc(S(C)(=O)=O)c1. The summed E-state index contributed by atoms with van der Waals surface area (Å²) in [4.78, 5) is 12.7.